The third-order valence-electron chi connectivity index (χ3n) is 4.18. The third-order valence-corrected chi connectivity index (χ3v) is 4.18. The maximum absolute atomic E-state index is 12.9. The molecule has 1 aliphatic rings. The van der Waals surface area contributed by atoms with Crippen LogP contribution in [0.25, 0.3) is 0 Å². The second-order valence-corrected chi connectivity index (χ2v) is 5.93. The van der Waals surface area contributed by atoms with E-state index in [-0.39, 0.29) is 18.1 Å². The standard InChI is InChI=1S/C17H20FN3O2/c1-21-11-14(10-20-21)17(7-2-8-23-17)12-19-16(22)9-13-3-5-15(18)6-4-13/h3-6,10-11H,2,7-9,12H2,1H3,(H,19,22)/t17-/m1/s1. The van der Waals surface area contributed by atoms with Gasteiger partial charge >= 0.3 is 0 Å². The number of rotatable bonds is 5. The third kappa shape index (κ3) is 3.59. The summed E-state index contributed by atoms with van der Waals surface area (Å²) in [6.07, 6.45) is 5.76. The molecule has 122 valence electrons. The maximum Gasteiger partial charge on any atom is 0.224 e. The van der Waals surface area contributed by atoms with Gasteiger partial charge in [0, 0.05) is 25.4 Å². The van der Waals surface area contributed by atoms with E-state index < -0.39 is 5.60 Å². The Balaban J connectivity index is 1.63. The van der Waals surface area contributed by atoms with Crippen LogP contribution in [-0.4, -0.2) is 28.8 Å². The Morgan fingerprint density at radius 2 is 2.22 bits per heavy atom. The van der Waals surface area contributed by atoms with Crippen LogP contribution >= 0.6 is 0 Å². The number of carbonyl (C=O) groups is 1. The van der Waals surface area contributed by atoms with Gasteiger partial charge in [-0.3, -0.25) is 9.48 Å². The van der Waals surface area contributed by atoms with Crippen molar-refractivity contribution in [2.24, 2.45) is 7.05 Å². The van der Waals surface area contributed by atoms with Crippen molar-refractivity contribution in [3.8, 4) is 0 Å². The normalized spacial score (nSPS) is 20.6. The molecular formula is C17H20FN3O2. The lowest BCUT2D eigenvalue weighted by Crippen LogP contribution is -2.40. The highest BCUT2D eigenvalue weighted by Crippen LogP contribution is 2.35. The molecule has 1 amide bonds. The topological polar surface area (TPSA) is 56.2 Å². The molecule has 0 spiro atoms. The van der Waals surface area contributed by atoms with E-state index >= 15 is 0 Å². The first kappa shape index (κ1) is 15.7. The molecule has 5 nitrogen and oxygen atoms in total. The summed E-state index contributed by atoms with van der Waals surface area (Å²) in [5.74, 6) is -0.403. The molecule has 1 aromatic carbocycles. The molecule has 23 heavy (non-hydrogen) atoms. The summed E-state index contributed by atoms with van der Waals surface area (Å²) in [6.45, 7) is 1.10. The lowest BCUT2D eigenvalue weighted by Gasteiger charge is -2.27. The molecule has 0 unspecified atom stereocenters. The number of aromatic nitrogens is 2. The molecule has 1 atom stereocenters. The van der Waals surface area contributed by atoms with Crippen molar-refractivity contribution in [3.63, 3.8) is 0 Å². The van der Waals surface area contributed by atoms with Gasteiger partial charge in [0.05, 0.1) is 19.2 Å². The summed E-state index contributed by atoms with van der Waals surface area (Å²) in [7, 11) is 1.86. The lowest BCUT2D eigenvalue weighted by molar-refractivity contribution is -0.122. The van der Waals surface area contributed by atoms with Crippen LogP contribution in [-0.2, 0) is 28.6 Å². The van der Waals surface area contributed by atoms with E-state index in [1.54, 1.807) is 23.0 Å². The average Bonchev–Trinajstić information content (AvgIpc) is 3.17. The Kier molecular flexibility index (Phi) is 4.43. The lowest BCUT2D eigenvalue weighted by atomic mass is 9.93. The van der Waals surface area contributed by atoms with E-state index in [0.29, 0.717) is 13.2 Å². The smallest absolute Gasteiger partial charge is 0.224 e. The Bertz CT molecular complexity index is 675. The summed E-state index contributed by atoms with van der Waals surface area (Å²) in [5.41, 5.74) is 1.28. The van der Waals surface area contributed by atoms with Gasteiger partial charge in [-0.25, -0.2) is 4.39 Å². The molecule has 1 saturated heterocycles. The Morgan fingerprint density at radius 1 is 1.43 bits per heavy atom. The molecular weight excluding hydrogens is 297 g/mol. The fourth-order valence-corrected chi connectivity index (χ4v) is 2.91. The zero-order valence-corrected chi connectivity index (χ0v) is 13.1. The van der Waals surface area contributed by atoms with Gasteiger partial charge in [-0.2, -0.15) is 5.10 Å². The molecule has 1 N–H and O–H groups in total. The van der Waals surface area contributed by atoms with Crippen LogP contribution in [0.4, 0.5) is 4.39 Å². The minimum Gasteiger partial charge on any atom is -0.368 e. The molecule has 0 radical (unpaired) electrons. The van der Waals surface area contributed by atoms with Crippen molar-refractivity contribution in [1.29, 1.82) is 0 Å². The molecule has 0 saturated carbocycles. The van der Waals surface area contributed by atoms with Gasteiger partial charge in [0.25, 0.3) is 0 Å². The number of hydrogen-bond donors (Lipinski definition) is 1. The molecule has 1 aromatic heterocycles. The van der Waals surface area contributed by atoms with Crippen molar-refractivity contribution < 1.29 is 13.9 Å². The molecule has 0 aliphatic carbocycles. The highest BCUT2D eigenvalue weighted by atomic mass is 19.1. The first-order valence-corrected chi connectivity index (χ1v) is 7.72. The number of carbonyl (C=O) groups excluding carboxylic acids is 1. The number of nitrogens with one attached hydrogen (secondary N) is 1. The minimum atomic E-state index is -0.493. The Morgan fingerprint density at radius 3 is 2.83 bits per heavy atom. The van der Waals surface area contributed by atoms with Gasteiger partial charge < -0.3 is 10.1 Å². The molecule has 3 rings (SSSR count). The van der Waals surface area contributed by atoms with Crippen LogP contribution in [0.1, 0.15) is 24.0 Å². The zero-order chi connectivity index (χ0) is 16.3. The van der Waals surface area contributed by atoms with Gasteiger partial charge in [-0.05, 0) is 30.5 Å². The first-order chi connectivity index (χ1) is 11.1. The van der Waals surface area contributed by atoms with Gasteiger partial charge in [-0.1, -0.05) is 12.1 Å². The highest BCUT2D eigenvalue weighted by Gasteiger charge is 2.38. The van der Waals surface area contributed by atoms with Crippen LogP contribution in [0, 0.1) is 5.82 Å². The first-order valence-electron chi connectivity index (χ1n) is 7.72. The van der Waals surface area contributed by atoms with Crippen LogP contribution < -0.4 is 5.32 Å². The molecule has 2 aromatic rings. The van der Waals surface area contributed by atoms with Crippen LogP contribution in [0.3, 0.4) is 0 Å². The van der Waals surface area contributed by atoms with Crippen molar-refractivity contribution in [1.82, 2.24) is 15.1 Å². The van der Waals surface area contributed by atoms with Crippen LogP contribution in [0.2, 0.25) is 0 Å². The second kappa shape index (κ2) is 6.50. The predicted molar refractivity (Wildman–Crippen MR) is 83.2 cm³/mol. The molecule has 1 aliphatic heterocycles. The number of halogens is 1. The van der Waals surface area contributed by atoms with Crippen molar-refractivity contribution in [2.75, 3.05) is 13.2 Å². The summed E-state index contributed by atoms with van der Waals surface area (Å²) in [5, 5.41) is 7.14. The Labute approximate surface area is 134 Å². The van der Waals surface area contributed by atoms with Gasteiger partial charge in [0.15, 0.2) is 0 Å². The molecule has 6 heteroatoms. The van der Waals surface area contributed by atoms with E-state index in [1.165, 1.54) is 12.1 Å². The summed E-state index contributed by atoms with van der Waals surface area (Å²) in [6, 6.07) is 5.97. The largest absolute Gasteiger partial charge is 0.368 e. The summed E-state index contributed by atoms with van der Waals surface area (Å²) >= 11 is 0. The van der Waals surface area contributed by atoms with Crippen molar-refractivity contribution in [3.05, 3.63) is 53.6 Å². The monoisotopic (exact) mass is 317 g/mol. The number of nitrogens with zero attached hydrogens (tertiary/aromatic N) is 2. The highest BCUT2D eigenvalue weighted by molar-refractivity contribution is 5.78. The molecule has 0 bridgehead atoms. The van der Waals surface area contributed by atoms with Gasteiger partial charge in [0.2, 0.25) is 5.91 Å². The number of ether oxygens (including phenoxy) is 1. The quantitative estimate of drug-likeness (QED) is 0.917. The number of aryl methyl sites for hydroxylation is 1. The number of amides is 1. The zero-order valence-electron chi connectivity index (χ0n) is 13.1. The second-order valence-electron chi connectivity index (χ2n) is 5.93. The van der Waals surface area contributed by atoms with Gasteiger partial charge in [-0.15, -0.1) is 0 Å². The predicted octanol–water partition coefficient (Wildman–Crippen LogP) is 1.92. The SMILES string of the molecule is Cn1cc([C@]2(CNC(=O)Cc3ccc(F)cc3)CCCO2)cn1. The average molecular weight is 317 g/mol. The van der Waals surface area contributed by atoms with E-state index in [0.717, 1.165) is 24.0 Å². The maximum atomic E-state index is 12.9. The Hall–Kier alpha value is -2.21. The molecule has 1 fully saturated rings. The van der Waals surface area contributed by atoms with E-state index in [1.807, 2.05) is 13.2 Å². The van der Waals surface area contributed by atoms with Crippen molar-refractivity contribution >= 4 is 5.91 Å². The summed E-state index contributed by atoms with van der Waals surface area (Å²) in [4.78, 5) is 12.2. The minimum absolute atomic E-state index is 0.102. The molecule has 2 heterocycles. The fraction of sp³-hybridized carbons (Fsp3) is 0.412. The summed E-state index contributed by atoms with van der Waals surface area (Å²) < 4.78 is 20.6. The number of hydrogen-bond acceptors (Lipinski definition) is 3. The van der Waals surface area contributed by atoms with E-state index in [2.05, 4.69) is 10.4 Å². The van der Waals surface area contributed by atoms with E-state index in [9.17, 15) is 9.18 Å². The van der Waals surface area contributed by atoms with Gasteiger partial charge in [0.1, 0.15) is 11.4 Å². The van der Waals surface area contributed by atoms with E-state index in [4.69, 9.17) is 4.74 Å². The van der Waals surface area contributed by atoms with Crippen LogP contribution in [0.5, 0.6) is 0 Å². The number of benzene rings is 1. The van der Waals surface area contributed by atoms with Crippen LogP contribution in [0.15, 0.2) is 36.7 Å². The van der Waals surface area contributed by atoms with Crippen molar-refractivity contribution in [2.45, 2.75) is 24.9 Å². The fourth-order valence-electron chi connectivity index (χ4n) is 2.91.